The van der Waals surface area contributed by atoms with Gasteiger partial charge in [0.25, 0.3) is 0 Å². The lowest BCUT2D eigenvalue weighted by Crippen LogP contribution is -2.03. The molecule has 0 aliphatic rings. The molecule has 0 aliphatic carbocycles. The molecule has 2 aromatic rings. The van der Waals surface area contributed by atoms with E-state index in [-0.39, 0.29) is 11.1 Å². The number of nitrogens with two attached hydrogens (primary N) is 1. The van der Waals surface area contributed by atoms with Crippen molar-refractivity contribution in [2.75, 3.05) is 5.73 Å². The Hall–Kier alpha value is -2.89. The number of hydrogen-bond acceptors (Lipinski definition) is 4. The predicted octanol–water partition coefficient (Wildman–Crippen LogP) is 1.73. The van der Waals surface area contributed by atoms with E-state index in [1.165, 1.54) is 18.3 Å². The van der Waals surface area contributed by atoms with Crippen molar-refractivity contribution in [3.8, 4) is 11.1 Å². The molecule has 1 heterocycles. The van der Waals surface area contributed by atoms with E-state index in [0.29, 0.717) is 16.9 Å². The fraction of sp³-hybridized carbons (Fsp3) is 0. The third kappa shape index (κ3) is 2.68. The number of pyridine rings is 1. The van der Waals surface area contributed by atoms with Gasteiger partial charge in [0.1, 0.15) is 5.82 Å². The van der Waals surface area contributed by atoms with Crippen molar-refractivity contribution in [3.63, 3.8) is 0 Å². The largest absolute Gasteiger partial charge is 0.478 e. The van der Waals surface area contributed by atoms with E-state index in [4.69, 9.17) is 15.9 Å². The number of nitrogens with zero attached hydrogens (tertiary/aromatic N) is 1. The second-order valence-corrected chi connectivity index (χ2v) is 3.88. The Morgan fingerprint density at radius 1 is 0.947 bits per heavy atom. The predicted molar refractivity (Wildman–Crippen MR) is 68.0 cm³/mol. The standard InChI is InChI=1S/C13H10N2O4/c14-11-2-1-7(6-15-11)8-3-9(12(16)17)5-10(4-8)13(18)19/h1-6H,(H2,14,15)(H,16,17)(H,18,19). The quantitative estimate of drug-likeness (QED) is 0.772. The highest BCUT2D eigenvalue weighted by atomic mass is 16.4. The highest BCUT2D eigenvalue weighted by Gasteiger charge is 2.12. The van der Waals surface area contributed by atoms with Crippen LogP contribution in [0.4, 0.5) is 5.82 Å². The van der Waals surface area contributed by atoms with Crippen LogP contribution in [-0.4, -0.2) is 27.1 Å². The van der Waals surface area contributed by atoms with Crippen LogP contribution in [0.2, 0.25) is 0 Å². The van der Waals surface area contributed by atoms with Gasteiger partial charge < -0.3 is 15.9 Å². The SMILES string of the molecule is Nc1ccc(-c2cc(C(=O)O)cc(C(=O)O)c2)cn1. The first-order valence-electron chi connectivity index (χ1n) is 5.31. The highest BCUT2D eigenvalue weighted by Crippen LogP contribution is 2.22. The van der Waals surface area contributed by atoms with Crippen LogP contribution in [0.1, 0.15) is 20.7 Å². The van der Waals surface area contributed by atoms with Gasteiger partial charge in [-0.05, 0) is 35.9 Å². The summed E-state index contributed by atoms with van der Waals surface area (Å²) in [6.07, 6.45) is 1.46. The molecule has 0 spiro atoms. The molecule has 0 bridgehead atoms. The number of hydrogen-bond donors (Lipinski definition) is 3. The Bertz CT molecular complexity index is 618. The Morgan fingerprint density at radius 3 is 1.95 bits per heavy atom. The molecule has 1 aromatic heterocycles. The number of aromatic carboxylic acids is 2. The summed E-state index contributed by atoms with van der Waals surface area (Å²) in [6, 6.07) is 7.10. The van der Waals surface area contributed by atoms with E-state index in [9.17, 15) is 9.59 Å². The van der Waals surface area contributed by atoms with Crippen LogP contribution in [0.5, 0.6) is 0 Å². The smallest absolute Gasteiger partial charge is 0.335 e. The molecule has 0 atom stereocenters. The van der Waals surface area contributed by atoms with Crippen LogP contribution in [0, 0.1) is 0 Å². The average Bonchev–Trinajstić information content (AvgIpc) is 2.39. The van der Waals surface area contributed by atoms with Crippen LogP contribution in [0.15, 0.2) is 36.5 Å². The van der Waals surface area contributed by atoms with Gasteiger partial charge in [0.15, 0.2) is 0 Å². The van der Waals surface area contributed by atoms with Gasteiger partial charge in [-0.25, -0.2) is 14.6 Å². The number of anilines is 1. The van der Waals surface area contributed by atoms with Crippen LogP contribution in [-0.2, 0) is 0 Å². The van der Waals surface area contributed by atoms with Gasteiger partial charge in [-0.1, -0.05) is 0 Å². The number of benzene rings is 1. The molecule has 0 unspecified atom stereocenters. The van der Waals surface area contributed by atoms with Crippen molar-refractivity contribution in [1.82, 2.24) is 4.98 Å². The molecule has 0 saturated heterocycles. The molecule has 0 amide bonds. The molecule has 2 rings (SSSR count). The van der Waals surface area contributed by atoms with E-state index < -0.39 is 11.9 Å². The monoisotopic (exact) mass is 258 g/mol. The normalized spacial score (nSPS) is 10.1. The zero-order valence-corrected chi connectivity index (χ0v) is 9.70. The zero-order chi connectivity index (χ0) is 14.0. The van der Waals surface area contributed by atoms with Crippen molar-refractivity contribution in [2.45, 2.75) is 0 Å². The molecule has 19 heavy (non-hydrogen) atoms. The maximum absolute atomic E-state index is 11.0. The summed E-state index contributed by atoms with van der Waals surface area (Å²) in [5.41, 5.74) is 6.34. The molecule has 1 aromatic carbocycles. The second-order valence-electron chi connectivity index (χ2n) is 3.88. The van der Waals surface area contributed by atoms with E-state index in [0.717, 1.165) is 6.07 Å². The average molecular weight is 258 g/mol. The lowest BCUT2D eigenvalue weighted by atomic mass is 10.0. The van der Waals surface area contributed by atoms with E-state index >= 15 is 0 Å². The van der Waals surface area contributed by atoms with Crippen molar-refractivity contribution in [3.05, 3.63) is 47.7 Å². The van der Waals surface area contributed by atoms with E-state index in [1.54, 1.807) is 12.1 Å². The Labute approximate surface area is 108 Å². The van der Waals surface area contributed by atoms with Crippen molar-refractivity contribution < 1.29 is 19.8 Å². The number of nitrogen functional groups attached to an aromatic ring is 1. The first-order valence-corrected chi connectivity index (χ1v) is 5.31. The maximum Gasteiger partial charge on any atom is 0.335 e. The minimum absolute atomic E-state index is 0.0910. The summed E-state index contributed by atoms with van der Waals surface area (Å²) in [6.45, 7) is 0. The third-order valence-electron chi connectivity index (χ3n) is 2.55. The first kappa shape index (κ1) is 12.6. The van der Waals surface area contributed by atoms with Gasteiger partial charge in [-0.2, -0.15) is 0 Å². The molecule has 4 N–H and O–H groups in total. The van der Waals surface area contributed by atoms with Gasteiger partial charge in [0.2, 0.25) is 0 Å². The maximum atomic E-state index is 11.0. The molecule has 96 valence electrons. The minimum Gasteiger partial charge on any atom is -0.478 e. The Kier molecular flexibility index (Phi) is 3.15. The van der Waals surface area contributed by atoms with Crippen LogP contribution in [0.3, 0.4) is 0 Å². The summed E-state index contributed by atoms with van der Waals surface area (Å²) in [7, 11) is 0. The minimum atomic E-state index is -1.19. The second kappa shape index (κ2) is 4.77. The Balaban J connectivity index is 2.59. The van der Waals surface area contributed by atoms with Crippen LogP contribution < -0.4 is 5.73 Å². The van der Waals surface area contributed by atoms with E-state index in [2.05, 4.69) is 4.98 Å². The molecular weight excluding hydrogens is 248 g/mol. The summed E-state index contributed by atoms with van der Waals surface area (Å²) in [5.74, 6) is -2.04. The summed E-state index contributed by atoms with van der Waals surface area (Å²) >= 11 is 0. The van der Waals surface area contributed by atoms with E-state index in [1.807, 2.05) is 0 Å². The number of carboxylic acids is 2. The fourth-order valence-corrected chi connectivity index (χ4v) is 1.62. The first-order chi connectivity index (χ1) is 8.97. The van der Waals surface area contributed by atoms with Crippen molar-refractivity contribution in [1.29, 1.82) is 0 Å². The molecule has 6 heteroatoms. The van der Waals surface area contributed by atoms with Gasteiger partial charge in [0, 0.05) is 11.8 Å². The van der Waals surface area contributed by atoms with Crippen molar-refractivity contribution >= 4 is 17.8 Å². The number of aromatic nitrogens is 1. The highest BCUT2D eigenvalue weighted by molar-refractivity contribution is 5.96. The van der Waals surface area contributed by atoms with Gasteiger partial charge in [-0.15, -0.1) is 0 Å². The lowest BCUT2D eigenvalue weighted by Gasteiger charge is -2.05. The third-order valence-corrected chi connectivity index (χ3v) is 2.55. The fourth-order valence-electron chi connectivity index (χ4n) is 1.62. The number of carbonyl (C=O) groups is 2. The summed E-state index contributed by atoms with van der Waals surface area (Å²) < 4.78 is 0. The zero-order valence-electron chi connectivity index (χ0n) is 9.70. The van der Waals surface area contributed by atoms with Crippen molar-refractivity contribution in [2.24, 2.45) is 0 Å². The summed E-state index contributed by atoms with van der Waals surface area (Å²) in [5, 5.41) is 18.0. The molecule has 0 fully saturated rings. The molecule has 6 nitrogen and oxygen atoms in total. The number of carboxylic acid groups (broad SMARTS) is 2. The van der Waals surface area contributed by atoms with Gasteiger partial charge >= 0.3 is 11.9 Å². The lowest BCUT2D eigenvalue weighted by molar-refractivity contribution is 0.0696. The number of rotatable bonds is 3. The van der Waals surface area contributed by atoms with Gasteiger partial charge in [0.05, 0.1) is 11.1 Å². The summed E-state index contributed by atoms with van der Waals surface area (Å²) in [4.78, 5) is 25.9. The van der Waals surface area contributed by atoms with Gasteiger partial charge in [-0.3, -0.25) is 0 Å². The Morgan fingerprint density at radius 2 is 1.53 bits per heavy atom. The molecule has 0 saturated carbocycles. The van der Waals surface area contributed by atoms with Crippen LogP contribution >= 0.6 is 0 Å². The topological polar surface area (TPSA) is 114 Å². The molecule has 0 radical (unpaired) electrons. The van der Waals surface area contributed by atoms with Crippen LogP contribution in [0.25, 0.3) is 11.1 Å². The molecule has 0 aliphatic heterocycles. The molecular formula is C13H10N2O4.